The molecule has 6 nitrogen and oxygen atoms in total. The van der Waals surface area contributed by atoms with Crippen molar-refractivity contribution in [2.45, 2.75) is 32.7 Å². The van der Waals surface area contributed by atoms with Crippen LogP contribution in [0.25, 0.3) is 0 Å². The van der Waals surface area contributed by atoms with Crippen LogP contribution in [0.3, 0.4) is 0 Å². The van der Waals surface area contributed by atoms with Crippen LogP contribution in [0.4, 0.5) is 5.69 Å². The number of hydrogen-bond acceptors (Lipinski definition) is 4. The Hall–Kier alpha value is -2.37. The van der Waals surface area contributed by atoms with E-state index in [9.17, 15) is 4.79 Å². The van der Waals surface area contributed by atoms with Gasteiger partial charge >= 0.3 is 0 Å². The third kappa shape index (κ3) is 3.14. The largest absolute Gasteiger partial charge is 0.399 e. The van der Waals surface area contributed by atoms with Gasteiger partial charge in [0, 0.05) is 11.6 Å². The monoisotopic (exact) mass is 273 g/mol. The summed E-state index contributed by atoms with van der Waals surface area (Å²) in [4.78, 5) is 16.2. The van der Waals surface area contributed by atoms with Crippen molar-refractivity contribution in [3.05, 3.63) is 41.5 Å². The number of carbonyl (C=O) groups excluding carboxylic acids is 1. The highest BCUT2D eigenvalue weighted by atomic mass is 16.2. The molecule has 0 saturated heterocycles. The summed E-state index contributed by atoms with van der Waals surface area (Å²) in [6.07, 6.45) is 0. The van der Waals surface area contributed by atoms with Crippen molar-refractivity contribution < 1.29 is 4.79 Å². The first-order chi connectivity index (χ1) is 9.47. The lowest BCUT2D eigenvalue weighted by Crippen LogP contribution is -2.27. The van der Waals surface area contributed by atoms with Crippen molar-refractivity contribution >= 4 is 11.6 Å². The van der Waals surface area contributed by atoms with Gasteiger partial charge in [0.15, 0.2) is 0 Å². The number of benzene rings is 1. The van der Waals surface area contributed by atoms with Gasteiger partial charge < -0.3 is 11.1 Å². The van der Waals surface area contributed by atoms with Gasteiger partial charge in [-0.1, -0.05) is 26.0 Å². The first-order valence-corrected chi connectivity index (χ1v) is 6.56. The summed E-state index contributed by atoms with van der Waals surface area (Å²) >= 11 is 0. The predicted octanol–water partition coefficient (Wildman–Crippen LogP) is 2.00. The van der Waals surface area contributed by atoms with Crippen molar-refractivity contribution in [3.8, 4) is 0 Å². The molecule has 0 aliphatic heterocycles. The molecule has 0 fully saturated rings. The number of hydrogen-bond donors (Lipinski definition) is 3. The average Bonchev–Trinajstić information content (AvgIpc) is 2.89. The van der Waals surface area contributed by atoms with E-state index in [0.29, 0.717) is 11.5 Å². The highest BCUT2D eigenvalue weighted by Gasteiger charge is 2.16. The Morgan fingerprint density at radius 3 is 2.45 bits per heavy atom. The number of nitrogen functional groups attached to an aromatic ring is 1. The maximum atomic E-state index is 12.1. The summed E-state index contributed by atoms with van der Waals surface area (Å²) in [7, 11) is 0. The van der Waals surface area contributed by atoms with Crippen molar-refractivity contribution in [1.29, 1.82) is 0 Å². The van der Waals surface area contributed by atoms with Crippen LogP contribution in [0, 0.1) is 0 Å². The highest BCUT2D eigenvalue weighted by Crippen LogP contribution is 2.15. The van der Waals surface area contributed by atoms with Gasteiger partial charge in [-0.3, -0.25) is 9.89 Å². The molecule has 1 atom stereocenters. The number of rotatable bonds is 4. The van der Waals surface area contributed by atoms with Crippen LogP contribution in [0.15, 0.2) is 24.3 Å². The summed E-state index contributed by atoms with van der Waals surface area (Å²) in [6.45, 7) is 5.87. The molecule has 0 spiro atoms. The van der Waals surface area contributed by atoms with Gasteiger partial charge in [-0.25, -0.2) is 4.98 Å². The zero-order chi connectivity index (χ0) is 14.7. The van der Waals surface area contributed by atoms with Crippen molar-refractivity contribution in [2.75, 3.05) is 5.73 Å². The first kappa shape index (κ1) is 14.0. The molecule has 1 aromatic carbocycles. The fraction of sp³-hybridized carbons (Fsp3) is 0.357. The Bertz CT molecular complexity index is 588. The number of H-pyrrole nitrogens is 1. The van der Waals surface area contributed by atoms with Crippen molar-refractivity contribution in [2.24, 2.45) is 0 Å². The van der Waals surface area contributed by atoms with Crippen LogP contribution in [0.2, 0.25) is 0 Å². The molecule has 2 rings (SSSR count). The van der Waals surface area contributed by atoms with E-state index in [2.05, 4.69) is 20.5 Å². The Kier molecular flexibility index (Phi) is 4.02. The quantitative estimate of drug-likeness (QED) is 0.742. The lowest BCUT2D eigenvalue weighted by Gasteiger charge is -2.13. The molecule has 1 amide bonds. The fourth-order valence-corrected chi connectivity index (χ4v) is 1.76. The second-order valence-corrected chi connectivity index (χ2v) is 5.06. The Labute approximate surface area is 117 Å². The maximum Gasteiger partial charge on any atom is 0.291 e. The number of nitrogens with zero attached hydrogens (tertiary/aromatic N) is 2. The van der Waals surface area contributed by atoms with E-state index in [-0.39, 0.29) is 23.7 Å². The third-order valence-electron chi connectivity index (χ3n) is 3.04. The molecule has 20 heavy (non-hydrogen) atoms. The van der Waals surface area contributed by atoms with Gasteiger partial charge in [-0.15, -0.1) is 5.10 Å². The molecule has 0 aliphatic carbocycles. The zero-order valence-corrected chi connectivity index (χ0v) is 11.8. The third-order valence-corrected chi connectivity index (χ3v) is 3.04. The number of amides is 1. The Balaban J connectivity index is 2.04. The molecule has 2 aromatic rings. The smallest absolute Gasteiger partial charge is 0.291 e. The SMILES string of the molecule is CC(C)c1nc(C(=O)NC(C)c2ccc(N)cc2)n[nH]1. The molecule has 1 heterocycles. The molecular formula is C14H19N5O. The molecule has 4 N–H and O–H groups in total. The first-order valence-electron chi connectivity index (χ1n) is 6.56. The molecule has 0 saturated carbocycles. The minimum atomic E-state index is -0.294. The molecular weight excluding hydrogens is 254 g/mol. The molecule has 1 unspecified atom stereocenters. The maximum absolute atomic E-state index is 12.1. The van der Waals surface area contributed by atoms with Crippen LogP contribution >= 0.6 is 0 Å². The lowest BCUT2D eigenvalue weighted by molar-refractivity contribution is 0.0929. The van der Waals surface area contributed by atoms with Crippen LogP contribution in [-0.4, -0.2) is 21.1 Å². The average molecular weight is 273 g/mol. The van der Waals surface area contributed by atoms with Crippen molar-refractivity contribution in [1.82, 2.24) is 20.5 Å². The number of carbonyl (C=O) groups is 1. The molecule has 1 aromatic heterocycles. The number of anilines is 1. The minimum absolute atomic E-state index is 0.135. The number of nitrogens with two attached hydrogens (primary N) is 1. The predicted molar refractivity (Wildman–Crippen MR) is 77.2 cm³/mol. The normalized spacial score (nSPS) is 12.4. The number of aromatic amines is 1. The van der Waals surface area contributed by atoms with Crippen LogP contribution in [-0.2, 0) is 0 Å². The molecule has 0 bridgehead atoms. The van der Waals surface area contributed by atoms with Crippen LogP contribution in [0.5, 0.6) is 0 Å². The number of nitrogens with one attached hydrogen (secondary N) is 2. The second kappa shape index (κ2) is 5.73. The van der Waals surface area contributed by atoms with E-state index < -0.39 is 0 Å². The van der Waals surface area contributed by atoms with E-state index in [1.54, 1.807) is 0 Å². The Morgan fingerprint density at radius 1 is 1.25 bits per heavy atom. The summed E-state index contributed by atoms with van der Waals surface area (Å²) in [5.41, 5.74) is 7.31. The standard InChI is InChI=1S/C14H19N5O/c1-8(2)12-17-13(19-18-12)14(20)16-9(3)10-4-6-11(15)7-5-10/h4-9H,15H2,1-3H3,(H,16,20)(H,17,18,19). The van der Waals surface area contributed by atoms with E-state index in [1.165, 1.54) is 0 Å². The van der Waals surface area contributed by atoms with E-state index in [4.69, 9.17) is 5.73 Å². The minimum Gasteiger partial charge on any atom is -0.399 e. The van der Waals surface area contributed by atoms with Gasteiger partial charge in [-0.2, -0.15) is 0 Å². The van der Waals surface area contributed by atoms with E-state index >= 15 is 0 Å². The summed E-state index contributed by atoms with van der Waals surface area (Å²) in [6, 6.07) is 7.25. The second-order valence-electron chi connectivity index (χ2n) is 5.06. The number of aromatic nitrogens is 3. The van der Waals surface area contributed by atoms with Crippen LogP contribution < -0.4 is 11.1 Å². The molecule has 0 radical (unpaired) electrons. The Morgan fingerprint density at radius 2 is 1.90 bits per heavy atom. The van der Waals surface area contributed by atoms with E-state index in [1.807, 2.05) is 45.0 Å². The van der Waals surface area contributed by atoms with Gasteiger partial charge in [-0.05, 0) is 24.6 Å². The van der Waals surface area contributed by atoms with Gasteiger partial charge in [0.2, 0.25) is 5.82 Å². The van der Waals surface area contributed by atoms with Crippen molar-refractivity contribution in [3.63, 3.8) is 0 Å². The fourth-order valence-electron chi connectivity index (χ4n) is 1.76. The summed E-state index contributed by atoms with van der Waals surface area (Å²) < 4.78 is 0. The molecule has 0 aliphatic rings. The zero-order valence-electron chi connectivity index (χ0n) is 11.8. The summed E-state index contributed by atoms with van der Waals surface area (Å²) in [5.74, 6) is 0.780. The van der Waals surface area contributed by atoms with Crippen LogP contribution in [0.1, 0.15) is 54.7 Å². The van der Waals surface area contributed by atoms with Gasteiger partial charge in [0.25, 0.3) is 5.91 Å². The van der Waals surface area contributed by atoms with Gasteiger partial charge in [0.1, 0.15) is 5.82 Å². The molecule has 6 heteroatoms. The summed E-state index contributed by atoms with van der Waals surface area (Å²) in [5, 5.41) is 9.56. The topological polar surface area (TPSA) is 96.7 Å². The highest BCUT2D eigenvalue weighted by molar-refractivity contribution is 5.90. The van der Waals surface area contributed by atoms with E-state index in [0.717, 1.165) is 5.56 Å². The lowest BCUT2D eigenvalue weighted by atomic mass is 10.1. The molecule has 106 valence electrons. The van der Waals surface area contributed by atoms with Gasteiger partial charge in [0.05, 0.1) is 6.04 Å².